The van der Waals surface area contributed by atoms with Crippen molar-refractivity contribution in [3.63, 3.8) is 0 Å². The Bertz CT molecular complexity index is 562. The van der Waals surface area contributed by atoms with Crippen LogP contribution in [0, 0.1) is 5.92 Å². The molecule has 1 heterocycles. The maximum atomic E-state index is 12.5. The number of amides is 1. The van der Waals surface area contributed by atoms with Gasteiger partial charge < -0.3 is 10.1 Å². The van der Waals surface area contributed by atoms with Gasteiger partial charge in [0.15, 0.2) is 0 Å². The highest BCUT2D eigenvalue weighted by Gasteiger charge is 2.29. The smallest absolute Gasteiger partial charge is 0.341 e. The molecule has 122 valence electrons. The Morgan fingerprint density at radius 1 is 1.41 bits per heavy atom. The van der Waals surface area contributed by atoms with Gasteiger partial charge in [-0.25, -0.2) is 4.79 Å². The van der Waals surface area contributed by atoms with Gasteiger partial charge in [-0.15, -0.1) is 11.3 Å². The maximum Gasteiger partial charge on any atom is 0.341 e. The molecule has 1 aromatic heterocycles. The second kappa shape index (κ2) is 7.27. The lowest BCUT2D eigenvalue weighted by Crippen LogP contribution is -2.18. The van der Waals surface area contributed by atoms with Crippen LogP contribution in [-0.4, -0.2) is 18.0 Å². The topological polar surface area (TPSA) is 55.4 Å². The van der Waals surface area contributed by atoms with Crippen molar-refractivity contribution in [1.82, 2.24) is 0 Å². The highest BCUT2D eigenvalue weighted by atomic mass is 32.1. The average Bonchev–Trinajstić information content (AvgIpc) is 2.74. The largest absolute Gasteiger partial charge is 0.459 e. The average molecular weight is 323 g/mol. The van der Waals surface area contributed by atoms with Crippen LogP contribution in [0.4, 0.5) is 5.00 Å². The monoisotopic (exact) mass is 323 g/mol. The first-order valence-electron chi connectivity index (χ1n) is 8.07. The molecule has 0 fully saturated rings. The van der Waals surface area contributed by atoms with Crippen LogP contribution in [0.25, 0.3) is 0 Å². The fraction of sp³-hybridized carbons (Fsp3) is 0.647. The predicted octanol–water partition coefficient (Wildman–Crippen LogP) is 4.18. The molecule has 2 rings (SSSR count). The van der Waals surface area contributed by atoms with E-state index in [0.717, 1.165) is 31.2 Å². The third-order valence-corrected chi connectivity index (χ3v) is 4.96. The Morgan fingerprint density at radius 3 is 2.77 bits per heavy atom. The molecule has 1 atom stereocenters. The van der Waals surface area contributed by atoms with E-state index in [4.69, 9.17) is 4.74 Å². The van der Waals surface area contributed by atoms with Crippen molar-refractivity contribution in [1.29, 1.82) is 0 Å². The van der Waals surface area contributed by atoms with E-state index in [2.05, 4.69) is 12.2 Å². The molecule has 1 aliphatic rings. The Kier molecular flexibility index (Phi) is 5.62. The minimum Gasteiger partial charge on any atom is -0.459 e. The highest BCUT2D eigenvalue weighted by Crippen LogP contribution is 2.40. The Labute approximate surface area is 136 Å². The quantitative estimate of drug-likeness (QED) is 0.827. The highest BCUT2D eigenvalue weighted by molar-refractivity contribution is 7.17. The summed E-state index contributed by atoms with van der Waals surface area (Å²) in [5, 5.41) is 3.59. The number of rotatable bonds is 5. The number of nitrogens with one attached hydrogen (secondary N) is 1. The van der Waals surface area contributed by atoms with Gasteiger partial charge in [0.1, 0.15) is 5.00 Å². The van der Waals surface area contributed by atoms with Crippen LogP contribution in [0.1, 0.15) is 67.8 Å². The van der Waals surface area contributed by atoms with Gasteiger partial charge in [-0.1, -0.05) is 13.8 Å². The fourth-order valence-electron chi connectivity index (χ4n) is 2.74. The molecule has 1 aliphatic carbocycles. The standard InChI is InChI=1S/C17H25NO3S/c1-5-6-14(19)18-16-15(17(20)21-10(2)3)12-8-7-11(4)9-13(12)22-16/h10-11H,5-9H2,1-4H3,(H,18,19). The van der Waals surface area contributed by atoms with Gasteiger partial charge >= 0.3 is 5.97 Å². The van der Waals surface area contributed by atoms with Crippen molar-refractivity contribution >= 4 is 28.2 Å². The molecule has 0 radical (unpaired) electrons. The van der Waals surface area contributed by atoms with E-state index in [1.54, 1.807) is 11.3 Å². The Morgan fingerprint density at radius 2 is 2.14 bits per heavy atom. The number of carbonyl (C=O) groups is 2. The molecule has 4 nitrogen and oxygen atoms in total. The molecular weight excluding hydrogens is 298 g/mol. The summed E-state index contributed by atoms with van der Waals surface area (Å²) in [5.74, 6) is 0.279. The van der Waals surface area contributed by atoms with Crippen molar-refractivity contribution in [2.45, 2.75) is 65.9 Å². The SMILES string of the molecule is CCCC(=O)Nc1sc2c(c1C(=O)OC(C)C)CCC(C)C2. The second-order valence-corrected chi connectivity index (χ2v) is 7.41. The zero-order valence-electron chi connectivity index (χ0n) is 13.8. The minimum absolute atomic E-state index is 0.0345. The van der Waals surface area contributed by atoms with Crippen LogP contribution in [0.3, 0.4) is 0 Å². The molecule has 0 saturated carbocycles. The number of ether oxygens (including phenoxy) is 1. The van der Waals surface area contributed by atoms with E-state index in [0.29, 0.717) is 22.9 Å². The van der Waals surface area contributed by atoms with Gasteiger partial charge in [-0.3, -0.25) is 4.79 Å². The van der Waals surface area contributed by atoms with Crippen molar-refractivity contribution in [2.75, 3.05) is 5.32 Å². The summed E-state index contributed by atoms with van der Waals surface area (Å²) in [7, 11) is 0. The van der Waals surface area contributed by atoms with E-state index in [1.807, 2.05) is 20.8 Å². The fourth-order valence-corrected chi connectivity index (χ4v) is 4.16. The van der Waals surface area contributed by atoms with Crippen molar-refractivity contribution < 1.29 is 14.3 Å². The lowest BCUT2D eigenvalue weighted by Gasteiger charge is -2.18. The predicted molar refractivity (Wildman–Crippen MR) is 89.6 cm³/mol. The van der Waals surface area contributed by atoms with Crippen LogP contribution in [0.15, 0.2) is 0 Å². The number of carbonyl (C=O) groups excluding carboxylic acids is 2. The number of thiophene rings is 1. The molecule has 1 amide bonds. The summed E-state index contributed by atoms with van der Waals surface area (Å²) in [6.07, 6.45) is 4.04. The van der Waals surface area contributed by atoms with Crippen LogP contribution in [0.5, 0.6) is 0 Å². The van der Waals surface area contributed by atoms with Crippen molar-refractivity contribution in [2.24, 2.45) is 5.92 Å². The van der Waals surface area contributed by atoms with Crippen LogP contribution >= 0.6 is 11.3 Å². The molecule has 0 saturated heterocycles. The number of hydrogen-bond acceptors (Lipinski definition) is 4. The van der Waals surface area contributed by atoms with E-state index in [1.165, 1.54) is 4.88 Å². The summed E-state index contributed by atoms with van der Waals surface area (Å²) >= 11 is 1.54. The maximum absolute atomic E-state index is 12.5. The molecule has 1 unspecified atom stereocenters. The molecule has 0 aromatic carbocycles. The lowest BCUT2D eigenvalue weighted by molar-refractivity contribution is -0.116. The molecule has 22 heavy (non-hydrogen) atoms. The van der Waals surface area contributed by atoms with Gasteiger partial charge in [0.2, 0.25) is 5.91 Å². The molecule has 0 spiro atoms. The van der Waals surface area contributed by atoms with Crippen LogP contribution in [-0.2, 0) is 22.4 Å². The first kappa shape index (κ1) is 17.0. The number of anilines is 1. The van der Waals surface area contributed by atoms with E-state index < -0.39 is 0 Å². The molecule has 0 bridgehead atoms. The van der Waals surface area contributed by atoms with Crippen LogP contribution in [0.2, 0.25) is 0 Å². The zero-order chi connectivity index (χ0) is 16.3. The normalized spacial score (nSPS) is 17.2. The second-order valence-electron chi connectivity index (χ2n) is 6.31. The first-order valence-corrected chi connectivity index (χ1v) is 8.89. The molecule has 1 aromatic rings. The number of esters is 1. The summed E-state index contributed by atoms with van der Waals surface area (Å²) in [4.78, 5) is 25.6. The molecule has 1 N–H and O–H groups in total. The molecule has 5 heteroatoms. The third-order valence-electron chi connectivity index (χ3n) is 3.79. The third kappa shape index (κ3) is 3.88. The minimum atomic E-state index is -0.311. The Hall–Kier alpha value is -1.36. The first-order chi connectivity index (χ1) is 10.4. The summed E-state index contributed by atoms with van der Waals surface area (Å²) in [6, 6.07) is 0. The van der Waals surface area contributed by atoms with E-state index in [-0.39, 0.29) is 18.0 Å². The number of fused-ring (bicyclic) bond motifs is 1. The summed E-state index contributed by atoms with van der Waals surface area (Å²) < 4.78 is 5.39. The van der Waals surface area contributed by atoms with Gasteiger partial charge in [0, 0.05) is 11.3 Å². The summed E-state index contributed by atoms with van der Waals surface area (Å²) in [6.45, 7) is 7.88. The van der Waals surface area contributed by atoms with Crippen molar-refractivity contribution in [3.8, 4) is 0 Å². The van der Waals surface area contributed by atoms with Gasteiger partial charge in [0.05, 0.1) is 11.7 Å². The molecular formula is C17H25NO3S. The number of hydrogen-bond donors (Lipinski definition) is 1. The van der Waals surface area contributed by atoms with Crippen LogP contribution < -0.4 is 5.32 Å². The molecule has 0 aliphatic heterocycles. The van der Waals surface area contributed by atoms with Gasteiger partial charge in [-0.2, -0.15) is 0 Å². The van der Waals surface area contributed by atoms with Crippen molar-refractivity contribution in [3.05, 3.63) is 16.0 Å². The summed E-state index contributed by atoms with van der Waals surface area (Å²) in [5.41, 5.74) is 1.67. The Balaban J connectivity index is 2.34. The lowest BCUT2D eigenvalue weighted by atomic mass is 9.88. The van der Waals surface area contributed by atoms with E-state index >= 15 is 0 Å². The van der Waals surface area contributed by atoms with Gasteiger partial charge in [0.25, 0.3) is 0 Å². The van der Waals surface area contributed by atoms with E-state index in [9.17, 15) is 9.59 Å². The van der Waals surface area contributed by atoms with Gasteiger partial charge in [-0.05, 0) is 51.0 Å². The zero-order valence-corrected chi connectivity index (χ0v) is 14.6.